The van der Waals surface area contributed by atoms with Crippen LogP contribution in [0.5, 0.6) is 0 Å². The highest BCUT2D eigenvalue weighted by Gasteiger charge is 2.16. The summed E-state index contributed by atoms with van der Waals surface area (Å²) < 4.78 is 18.5. The first-order valence-corrected chi connectivity index (χ1v) is 8.27. The molecule has 1 fully saturated rings. The molecule has 1 saturated heterocycles. The van der Waals surface area contributed by atoms with Crippen molar-refractivity contribution in [3.63, 3.8) is 0 Å². The smallest absolute Gasteiger partial charge is 0.153 e. The lowest BCUT2D eigenvalue weighted by atomic mass is 10.1. The first-order valence-electron chi connectivity index (χ1n) is 7.39. The molecule has 23 heavy (non-hydrogen) atoms. The van der Waals surface area contributed by atoms with Crippen LogP contribution in [0.25, 0.3) is 21.3 Å². The molecule has 1 aromatic carbocycles. The number of hydrogen-bond acceptors (Lipinski definition) is 6. The van der Waals surface area contributed by atoms with E-state index < -0.39 is 0 Å². The number of hydrogen-bond donors (Lipinski definition) is 1. The van der Waals surface area contributed by atoms with Crippen molar-refractivity contribution in [2.75, 3.05) is 31.7 Å². The number of halogens is 1. The van der Waals surface area contributed by atoms with Crippen LogP contribution in [0.3, 0.4) is 0 Å². The summed E-state index contributed by atoms with van der Waals surface area (Å²) >= 11 is 1.56. The third kappa shape index (κ3) is 2.90. The van der Waals surface area contributed by atoms with Crippen molar-refractivity contribution in [2.24, 2.45) is 0 Å². The quantitative estimate of drug-likeness (QED) is 0.799. The van der Waals surface area contributed by atoms with Gasteiger partial charge in [0.15, 0.2) is 5.82 Å². The Balaban J connectivity index is 1.75. The highest BCUT2D eigenvalue weighted by atomic mass is 32.1. The van der Waals surface area contributed by atoms with Crippen LogP contribution in [0.2, 0.25) is 0 Å². The van der Waals surface area contributed by atoms with E-state index in [-0.39, 0.29) is 5.82 Å². The van der Waals surface area contributed by atoms with Crippen LogP contribution in [0.1, 0.15) is 0 Å². The van der Waals surface area contributed by atoms with Gasteiger partial charge >= 0.3 is 0 Å². The molecule has 118 valence electrons. The van der Waals surface area contributed by atoms with E-state index >= 15 is 0 Å². The average Bonchev–Trinajstić information content (AvgIpc) is 3.02. The molecule has 0 unspecified atom stereocenters. The molecule has 4 rings (SSSR count). The maximum absolute atomic E-state index is 13.2. The summed E-state index contributed by atoms with van der Waals surface area (Å²) in [5.74, 6) is 0.536. The lowest BCUT2D eigenvalue weighted by Crippen LogP contribution is -2.40. The van der Waals surface area contributed by atoms with Crippen molar-refractivity contribution in [3.05, 3.63) is 41.8 Å². The first-order chi connectivity index (χ1) is 11.3. The van der Waals surface area contributed by atoms with E-state index in [1.165, 1.54) is 12.1 Å². The molecule has 3 heterocycles. The number of rotatable bonds is 3. The summed E-state index contributed by atoms with van der Waals surface area (Å²) in [6.07, 6.45) is 1.57. The molecule has 2 aromatic heterocycles. The number of thiophene rings is 1. The topological polar surface area (TPSA) is 50.3 Å². The number of benzene rings is 1. The van der Waals surface area contributed by atoms with E-state index in [1.807, 2.05) is 5.38 Å². The summed E-state index contributed by atoms with van der Waals surface area (Å²) in [6, 6.07) is 6.50. The number of anilines is 1. The van der Waals surface area contributed by atoms with Crippen LogP contribution < -0.4 is 5.43 Å². The maximum atomic E-state index is 13.2. The summed E-state index contributed by atoms with van der Waals surface area (Å²) in [7, 11) is 0. The fourth-order valence-corrected chi connectivity index (χ4v) is 3.54. The molecule has 0 atom stereocenters. The van der Waals surface area contributed by atoms with E-state index in [2.05, 4.69) is 20.4 Å². The molecule has 0 radical (unpaired) electrons. The standard InChI is InChI=1S/C16H15FN4OS/c17-12-3-1-11(2-4-12)13-9-23-16-14(13)15(18-10-19-16)20-21-5-7-22-8-6-21/h1-4,9-10H,5-8H2,(H,18,19,20). The van der Waals surface area contributed by atoms with Crippen LogP contribution in [-0.2, 0) is 4.74 Å². The minimum atomic E-state index is -0.240. The Kier molecular flexibility index (Phi) is 3.90. The van der Waals surface area contributed by atoms with Crippen LogP contribution >= 0.6 is 11.3 Å². The number of nitrogens with zero attached hydrogens (tertiary/aromatic N) is 3. The van der Waals surface area contributed by atoms with Crippen molar-refractivity contribution < 1.29 is 9.13 Å². The maximum Gasteiger partial charge on any atom is 0.153 e. The number of hydrazine groups is 1. The average molecular weight is 330 g/mol. The summed E-state index contributed by atoms with van der Waals surface area (Å²) in [6.45, 7) is 3.02. The van der Waals surface area contributed by atoms with Gasteiger partial charge in [-0.05, 0) is 17.7 Å². The zero-order valence-corrected chi connectivity index (χ0v) is 13.1. The van der Waals surface area contributed by atoms with E-state index in [0.717, 1.165) is 40.3 Å². The van der Waals surface area contributed by atoms with Crippen molar-refractivity contribution in [1.82, 2.24) is 15.0 Å². The van der Waals surface area contributed by atoms with Crippen LogP contribution in [-0.4, -0.2) is 41.3 Å². The fraction of sp³-hybridized carbons (Fsp3) is 0.250. The van der Waals surface area contributed by atoms with E-state index in [1.54, 1.807) is 29.8 Å². The summed E-state index contributed by atoms with van der Waals surface area (Å²) in [5, 5.41) is 5.10. The van der Waals surface area contributed by atoms with Crippen LogP contribution in [0, 0.1) is 5.82 Å². The summed E-state index contributed by atoms with van der Waals surface area (Å²) in [4.78, 5) is 9.67. The van der Waals surface area contributed by atoms with Gasteiger partial charge in [-0.2, -0.15) is 0 Å². The van der Waals surface area contributed by atoms with E-state index in [4.69, 9.17) is 4.74 Å². The van der Waals surface area contributed by atoms with Crippen molar-refractivity contribution >= 4 is 27.4 Å². The molecular weight excluding hydrogens is 315 g/mol. The van der Waals surface area contributed by atoms with Crippen molar-refractivity contribution in [3.8, 4) is 11.1 Å². The number of nitrogens with one attached hydrogen (secondary N) is 1. The Morgan fingerprint density at radius 1 is 1.13 bits per heavy atom. The molecule has 0 aliphatic carbocycles. The van der Waals surface area contributed by atoms with Crippen LogP contribution in [0.4, 0.5) is 10.2 Å². The van der Waals surface area contributed by atoms with Gasteiger partial charge in [0.1, 0.15) is 17.0 Å². The zero-order valence-electron chi connectivity index (χ0n) is 12.3. The van der Waals surface area contributed by atoms with Gasteiger partial charge in [0.25, 0.3) is 0 Å². The molecule has 0 spiro atoms. The first kappa shape index (κ1) is 14.5. The predicted octanol–water partition coefficient (Wildman–Crippen LogP) is 3.16. The molecule has 1 aliphatic heterocycles. The zero-order chi connectivity index (χ0) is 15.6. The molecular formula is C16H15FN4OS. The lowest BCUT2D eigenvalue weighted by molar-refractivity contribution is 0.0495. The summed E-state index contributed by atoms with van der Waals surface area (Å²) in [5.41, 5.74) is 5.34. The number of aromatic nitrogens is 2. The Labute approximate surface area is 136 Å². The van der Waals surface area contributed by atoms with Gasteiger partial charge in [0.05, 0.1) is 18.6 Å². The molecule has 3 aromatic rings. The Morgan fingerprint density at radius 3 is 2.70 bits per heavy atom. The second-order valence-corrected chi connectivity index (χ2v) is 6.13. The Morgan fingerprint density at radius 2 is 1.91 bits per heavy atom. The van der Waals surface area contributed by atoms with E-state index in [9.17, 15) is 4.39 Å². The Bertz CT molecular complexity index is 815. The normalized spacial score (nSPS) is 15.9. The largest absolute Gasteiger partial charge is 0.379 e. The highest BCUT2D eigenvalue weighted by Crippen LogP contribution is 2.36. The van der Waals surface area contributed by atoms with E-state index in [0.29, 0.717) is 13.2 Å². The monoisotopic (exact) mass is 330 g/mol. The second-order valence-electron chi connectivity index (χ2n) is 5.27. The molecule has 1 N–H and O–H groups in total. The predicted molar refractivity (Wildman–Crippen MR) is 88.8 cm³/mol. The van der Waals surface area contributed by atoms with Gasteiger partial charge in [0.2, 0.25) is 0 Å². The molecule has 7 heteroatoms. The minimum Gasteiger partial charge on any atom is -0.379 e. The SMILES string of the molecule is Fc1ccc(-c2csc3ncnc(NN4CCOCC4)c23)cc1. The molecule has 0 saturated carbocycles. The van der Waals surface area contributed by atoms with Gasteiger partial charge in [-0.1, -0.05) is 12.1 Å². The molecule has 0 amide bonds. The molecule has 5 nitrogen and oxygen atoms in total. The molecule has 1 aliphatic rings. The van der Waals surface area contributed by atoms with Crippen LogP contribution in [0.15, 0.2) is 36.0 Å². The third-order valence-electron chi connectivity index (χ3n) is 3.80. The Hall–Kier alpha value is -2.09. The number of ether oxygens (including phenoxy) is 1. The van der Waals surface area contributed by atoms with Gasteiger partial charge in [0, 0.05) is 24.0 Å². The van der Waals surface area contributed by atoms with Gasteiger partial charge in [-0.15, -0.1) is 11.3 Å². The third-order valence-corrected chi connectivity index (χ3v) is 4.69. The highest BCUT2D eigenvalue weighted by molar-refractivity contribution is 7.17. The van der Waals surface area contributed by atoms with Crippen molar-refractivity contribution in [1.29, 1.82) is 0 Å². The lowest BCUT2D eigenvalue weighted by Gasteiger charge is -2.27. The number of fused-ring (bicyclic) bond motifs is 1. The number of morpholine rings is 1. The van der Waals surface area contributed by atoms with Gasteiger partial charge < -0.3 is 10.2 Å². The second kappa shape index (κ2) is 6.19. The fourth-order valence-electron chi connectivity index (χ4n) is 2.63. The van der Waals surface area contributed by atoms with Gasteiger partial charge in [-0.25, -0.2) is 19.4 Å². The molecule has 0 bridgehead atoms. The van der Waals surface area contributed by atoms with Crippen molar-refractivity contribution in [2.45, 2.75) is 0 Å². The minimum absolute atomic E-state index is 0.240. The van der Waals surface area contributed by atoms with Gasteiger partial charge in [-0.3, -0.25) is 0 Å².